The van der Waals surface area contributed by atoms with Gasteiger partial charge in [0.25, 0.3) is 0 Å². The molecule has 12 heteroatoms. The number of anilines is 1. The van der Waals surface area contributed by atoms with Crippen LogP contribution in [0.5, 0.6) is 5.75 Å². The number of aromatic nitrogens is 5. The van der Waals surface area contributed by atoms with Crippen LogP contribution in [-0.2, 0) is 4.74 Å². The van der Waals surface area contributed by atoms with E-state index in [4.69, 9.17) is 4.74 Å². The summed E-state index contributed by atoms with van der Waals surface area (Å²) in [6.07, 6.45) is 5.32. The lowest BCUT2D eigenvalue weighted by Gasteiger charge is -2.33. The van der Waals surface area contributed by atoms with Crippen molar-refractivity contribution in [2.24, 2.45) is 0 Å². The summed E-state index contributed by atoms with van der Waals surface area (Å²) in [6.45, 7) is 3.30. The number of likely N-dealkylation sites (N-methyl/N-ethyl adjacent to an activating group) is 1. The minimum atomic E-state index is 0. The topological polar surface area (TPSA) is 103 Å². The molecule has 0 amide bonds. The van der Waals surface area contributed by atoms with Gasteiger partial charge in [-0.25, -0.2) is 4.98 Å². The molecule has 168 valence electrons. The number of aromatic hydroxyl groups is 1. The first-order chi connectivity index (χ1) is 13.7. The molecule has 0 radical (unpaired) electrons. The molecule has 2 fully saturated rings. The highest BCUT2D eigenvalue weighted by Gasteiger charge is 2.39. The van der Waals surface area contributed by atoms with Gasteiger partial charge in [0.2, 0.25) is 5.95 Å². The number of rotatable bonds is 3. The van der Waals surface area contributed by atoms with Crippen molar-refractivity contribution in [2.45, 2.75) is 12.1 Å². The lowest BCUT2D eigenvalue weighted by Crippen LogP contribution is -2.48. The lowest BCUT2D eigenvalue weighted by atomic mass is 10.0. The minimum Gasteiger partial charge on any atom is -0.507 e. The van der Waals surface area contributed by atoms with Crippen molar-refractivity contribution in [3.8, 4) is 28.1 Å². The number of H-pyrrole nitrogens is 1. The summed E-state index contributed by atoms with van der Waals surface area (Å²) >= 11 is 0. The third-order valence-corrected chi connectivity index (χ3v) is 5.52. The van der Waals surface area contributed by atoms with E-state index in [-0.39, 0.29) is 49.1 Å². The van der Waals surface area contributed by atoms with Gasteiger partial charge in [-0.05, 0) is 24.7 Å². The Balaban J connectivity index is 0.00000114. The maximum atomic E-state index is 10.4. The SMILES string of the molecule is CN1CCO[C@@H]2CN(c3ncc(-c4ccc(-c5cn[nH]c5)cc4O)nn3)C[C@@H]21.Cl.Cl.Cl. The smallest absolute Gasteiger partial charge is 0.245 e. The Morgan fingerprint density at radius 1 is 1.10 bits per heavy atom. The zero-order valence-corrected chi connectivity index (χ0v) is 19.2. The van der Waals surface area contributed by atoms with Crippen LogP contribution in [0.15, 0.2) is 36.8 Å². The quantitative estimate of drug-likeness (QED) is 0.579. The van der Waals surface area contributed by atoms with Crippen molar-refractivity contribution in [2.75, 3.05) is 38.2 Å². The third kappa shape index (κ3) is 4.86. The number of hydrogen-bond donors (Lipinski definition) is 2. The van der Waals surface area contributed by atoms with Gasteiger partial charge in [-0.15, -0.1) is 47.4 Å². The Morgan fingerprint density at radius 2 is 1.94 bits per heavy atom. The van der Waals surface area contributed by atoms with Gasteiger partial charge in [-0.3, -0.25) is 10.00 Å². The summed E-state index contributed by atoms with van der Waals surface area (Å²) < 4.78 is 5.88. The van der Waals surface area contributed by atoms with Gasteiger partial charge in [0.1, 0.15) is 11.4 Å². The Labute approximate surface area is 198 Å². The van der Waals surface area contributed by atoms with Crippen LogP contribution in [-0.4, -0.2) is 80.8 Å². The highest BCUT2D eigenvalue weighted by Crippen LogP contribution is 2.32. The summed E-state index contributed by atoms with van der Waals surface area (Å²) in [5.74, 6) is 0.717. The largest absolute Gasteiger partial charge is 0.507 e. The summed E-state index contributed by atoms with van der Waals surface area (Å²) in [7, 11) is 2.13. The fourth-order valence-corrected chi connectivity index (χ4v) is 3.89. The number of nitrogens with one attached hydrogen (secondary N) is 1. The molecule has 2 N–H and O–H groups in total. The zero-order valence-electron chi connectivity index (χ0n) is 16.7. The maximum absolute atomic E-state index is 10.4. The normalized spacial score (nSPS) is 20.2. The number of ether oxygens (including phenoxy) is 1. The molecule has 1 aromatic carbocycles. The molecule has 0 aliphatic carbocycles. The Kier molecular flexibility index (Phi) is 8.44. The van der Waals surface area contributed by atoms with E-state index in [2.05, 4.69) is 42.2 Å². The first kappa shape index (κ1) is 25.1. The third-order valence-electron chi connectivity index (χ3n) is 5.52. The Morgan fingerprint density at radius 3 is 2.58 bits per heavy atom. The highest BCUT2D eigenvalue weighted by atomic mass is 35.5. The summed E-state index contributed by atoms with van der Waals surface area (Å²) in [6, 6.07) is 5.77. The number of phenolic OH excluding ortho intramolecular Hbond substituents is 1. The second-order valence-corrected chi connectivity index (χ2v) is 7.22. The van der Waals surface area contributed by atoms with Crippen LogP contribution in [0.4, 0.5) is 5.95 Å². The number of aromatic amines is 1. The molecular weight excluding hydrogens is 465 g/mol. The molecule has 0 unspecified atom stereocenters. The van der Waals surface area contributed by atoms with Crippen molar-refractivity contribution < 1.29 is 9.84 Å². The van der Waals surface area contributed by atoms with E-state index in [9.17, 15) is 5.11 Å². The van der Waals surface area contributed by atoms with E-state index in [0.717, 1.165) is 37.4 Å². The first-order valence-electron chi connectivity index (χ1n) is 9.28. The van der Waals surface area contributed by atoms with Crippen LogP contribution < -0.4 is 4.90 Å². The Hall–Kier alpha value is -2.17. The van der Waals surface area contributed by atoms with E-state index in [1.807, 2.05) is 12.1 Å². The van der Waals surface area contributed by atoms with Crippen LogP contribution in [0, 0.1) is 0 Å². The molecule has 5 rings (SSSR count). The van der Waals surface area contributed by atoms with E-state index >= 15 is 0 Å². The molecule has 2 saturated heterocycles. The molecule has 4 heterocycles. The molecule has 3 aromatic rings. The van der Waals surface area contributed by atoms with Crippen LogP contribution in [0.1, 0.15) is 0 Å². The predicted molar refractivity (Wildman–Crippen MR) is 125 cm³/mol. The molecule has 0 bridgehead atoms. The average molecular weight is 489 g/mol. The zero-order chi connectivity index (χ0) is 19.1. The van der Waals surface area contributed by atoms with E-state index in [1.165, 1.54) is 0 Å². The molecule has 0 spiro atoms. The van der Waals surface area contributed by atoms with Crippen LogP contribution >= 0.6 is 37.2 Å². The second-order valence-electron chi connectivity index (χ2n) is 7.22. The van der Waals surface area contributed by atoms with E-state index in [0.29, 0.717) is 23.2 Å². The van der Waals surface area contributed by atoms with Gasteiger partial charge < -0.3 is 14.7 Å². The lowest BCUT2D eigenvalue weighted by molar-refractivity contribution is -0.0362. The summed E-state index contributed by atoms with van der Waals surface area (Å²) in [5, 5.41) is 25.7. The standard InChI is InChI=1S/C19H21N7O2.3ClH/c1-25-4-5-28-18-11-26(10-16(18)25)19-20-9-15(23-24-19)14-3-2-12(6-17(14)27)13-7-21-22-8-13;;;/h2-3,6-9,16,18,27H,4-5,10-11H2,1H3,(H,21,22);3*1H/t16-,18+;;;/m0.../s1. The molecule has 2 aliphatic heterocycles. The molecule has 2 aromatic heterocycles. The van der Waals surface area contributed by atoms with E-state index < -0.39 is 0 Å². The number of morpholine rings is 1. The van der Waals surface area contributed by atoms with Crippen molar-refractivity contribution in [3.05, 3.63) is 36.8 Å². The highest BCUT2D eigenvalue weighted by molar-refractivity contribution is 5.86. The fourth-order valence-electron chi connectivity index (χ4n) is 3.89. The van der Waals surface area contributed by atoms with Crippen LogP contribution in [0.3, 0.4) is 0 Å². The van der Waals surface area contributed by atoms with E-state index in [1.54, 1.807) is 24.7 Å². The predicted octanol–water partition coefficient (Wildman–Crippen LogP) is 2.42. The number of hydrogen-bond acceptors (Lipinski definition) is 8. The van der Waals surface area contributed by atoms with Crippen molar-refractivity contribution in [3.63, 3.8) is 0 Å². The van der Waals surface area contributed by atoms with Gasteiger partial charge in [0, 0.05) is 37.0 Å². The molecule has 2 aliphatic rings. The molecule has 2 atom stereocenters. The average Bonchev–Trinajstić information content (AvgIpc) is 3.39. The number of halogens is 3. The van der Waals surface area contributed by atoms with Crippen molar-refractivity contribution in [1.29, 1.82) is 0 Å². The van der Waals surface area contributed by atoms with Crippen LogP contribution in [0.2, 0.25) is 0 Å². The number of benzene rings is 1. The number of fused-ring (bicyclic) bond motifs is 1. The summed E-state index contributed by atoms with van der Waals surface area (Å²) in [5.41, 5.74) is 2.90. The van der Waals surface area contributed by atoms with Gasteiger partial charge >= 0.3 is 0 Å². The summed E-state index contributed by atoms with van der Waals surface area (Å²) in [4.78, 5) is 8.92. The maximum Gasteiger partial charge on any atom is 0.245 e. The number of nitrogens with zero attached hydrogens (tertiary/aromatic N) is 6. The molecule has 31 heavy (non-hydrogen) atoms. The second kappa shape index (κ2) is 10.4. The molecular formula is C19H24Cl3N7O2. The van der Waals surface area contributed by atoms with Gasteiger partial charge in [0.15, 0.2) is 0 Å². The van der Waals surface area contributed by atoms with Crippen molar-refractivity contribution >= 4 is 43.2 Å². The molecule has 0 saturated carbocycles. The van der Waals surface area contributed by atoms with Crippen molar-refractivity contribution in [1.82, 2.24) is 30.3 Å². The van der Waals surface area contributed by atoms with Gasteiger partial charge in [0.05, 0.1) is 31.1 Å². The molecule has 9 nitrogen and oxygen atoms in total. The minimum absolute atomic E-state index is 0. The Bertz CT molecular complexity index is 975. The first-order valence-corrected chi connectivity index (χ1v) is 9.28. The van der Waals surface area contributed by atoms with Gasteiger partial charge in [-0.2, -0.15) is 5.10 Å². The fraction of sp³-hybridized carbons (Fsp3) is 0.368. The van der Waals surface area contributed by atoms with Gasteiger partial charge in [-0.1, -0.05) is 6.07 Å². The van der Waals surface area contributed by atoms with Crippen LogP contribution in [0.25, 0.3) is 22.4 Å². The number of phenols is 1. The monoisotopic (exact) mass is 487 g/mol.